The monoisotopic (exact) mass is 476 g/mol. The second-order valence-corrected chi connectivity index (χ2v) is 10.1. The zero-order chi connectivity index (χ0) is 24.3. The van der Waals surface area contributed by atoms with E-state index in [0.29, 0.717) is 51.7 Å². The maximum Gasteiger partial charge on any atom is 0.164 e. The average molecular weight is 477 g/mol. The van der Waals surface area contributed by atoms with Crippen molar-refractivity contribution < 1.29 is 13.2 Å². The van der Waals surface area contributed by atoms with Crippen LogP contribution < -0.4 is 5.32 Å². The lowest BCUT2D eigenvalue weighted by Gasteiger charge is -2.47. The summed E-state index contributed by atoms with van der Waals surface area (Å²) in [7, 11) is 0. The number of benzene rings is 2. The van der Waals surface area contributed by atoms with Crippen LogP contribution in [0.1, 0.15) is 38.2 Å². The molecule has 3 fully saturated rings. The van der Waals surface area contributed by atoms with Crippen molar-refractivity contribution in [3.05, 3.63) is 65.6 Å². The molecule has 180 valence electrons. The van der Waals surface area contributed by atoms with Crippen LogP contribution in [0, 0.1) is 42.1 Å². The van der Waals surface area contributed by atoms with Crippen molar-refractivity contribution in [1.82, 2.24) is 15.0 Å². The van der Waals surface area contributed by atoms with Gasteiger partial charge in [-0.25, -0.2) is 23.1 Å². The fourth-order valence-corrected chi connectivity index (χ4v) is 6.11. The Morgan fingerprint density at radius 1 is 0.914 bits per heavy atom. The lowest BCUT2D eigenvalue weighted by atomic mass is 9.62. The number of hydrogen-bond acceptors (Lipinski definition) is 3. The largest absolute Gasteiger partial charge is 0.367 e. The summed E-state index contributed by atoms with van der Waals surface area (Å²) in [5.41, 5.74) is 2.62. The summed E-state index contributed by atoms with van der Waals surface area (Å²) in [4.78, 5) is 12.4. The highest BCUT2D eigenvalue weighted by atomic mass is 19.1. The Labute approximate surface area is 202 Å². The molecule has 2 heterocycles. The molecule has 2 unspecified atom stereocenters. The van der Waals surface area contributed by atoms with Crippen LogP contribution >= 0.6 is 0 Å². The highest BCUT2D eigenvalue weighted by Gasteiger charge is 2.41. The van der Waals surface area contributed by atoms with Gasteiger partial charge in [-0.15, -0.1) is 0 Å². The molecule has 3 saturated carbocycles. The number of H-pyrrole nitrogens is 1. The van der Waals surface area contributed by atoms with E-state index in [4.69, 9.17) is 9.97 Å². The lowest BCUT2D eigenvalue weighted by molar-refractivity contribution is 0.0928. The van der Waals surface area contributed by atoms with Crippen LogP contribution in [-0.4, -0.2) is 21.0 Å². The molecule has 7 rings (SSSR count). The van der Waals surface area contributed by atoms with Gasteiger partial charge in [0, 0.05) is 40.9 Å². The minimum Gasteiger partial charge on any atom is -0.367 e. The van der Waals surface area contributed by atoms with E-state index in [2.05, 4.69) is 17.2 Å². The van der Waals surface area contributed by atoms with Crippen molar-refractivity contribution in [2.24, 2.45) is 17.8 Å². The van der Waals surface area contributed by atoms with Gasteiger partial charge in [-0.05, 0) is 80.2 Å². The van der Waals surface area contributed by atoms with Gasteiger partial charge in [0.05, 0.1) is 11.2 Å². The van der Waals surface area contributed by atoms with Crippen LogP contribution in [0.15, 0.2) is 42.6 Å². The summed E-state index contributed by atoms with van der Waals surface area (Å²) in [6, 6.07) is 9.22. The third-order valence-corrected chi connectivity index (χ3v) is 8.08. The second kappa shape index (κ2) is 8.40. The molecule has 4 nitrogen and oxygen atoms in total. The molecule has 35 heavy (non-hydrogen) atoms. The molecule has 3 aliphatic rings. The predicted octanol–water partition coefficient (Wildman–Crippen LogP) is 7.25. The molecule has 2 atom stereocenters. The second-order valence-electron chi connectivity index (χ2n) is 10.1. The van der Waals surface area contributed by atoms with Gasteiger partial charge in [0.25, 0.3) is 0 Å². The van der Waals surface area contributed by atoms with Crippen LogP contribution in [0.3, 0.4) is 0 Å². The maximum atomic E-state index is 14.4. The first kappa shape index (κ1) is 22.1. The quantitative estimate of drug-likeness (QED) is 0.326. The Morgan fingerprint density at radius 3 is 2.43 bits per heavy atom. The molecule has 0 radical (unpaired) electrons. The van der Waals surface area contributed by atoms with Gasteiger partial charge in [0.15, 0.2) is 5.82 Å². The van der Waals surface area contributed by atoms with Crippen LogP contribution in [-0.2, 0) is 0 Å². The predicted molar refractivity (Wildman–Crippen MR) is 131 cm³/mol. The highest BCUT2D eigenvalue weighted by Crippen LogP contribution is 2.46. The minimum absolute atomic E-state index is 0.209. The van der Waals surface area contributed by atoms with Crippen molar-refractivity contribution in [3.8, 4) is 22.6 Å². The molecular formula is C28H27F3N4. The Bertz CT molecular complexity index is 1420. The molecule has 3 aliphatic carbocycles. The highest BCUT2D eigenvalue weighted by molar-refractivity contribution is 5.94. The van der Waals surface area contributed by atoms with E-state index in [1.54, 1.807) is 25.3 Å². The molecule has 4 aromatic rings. The van der Waals surface area contributed by atoms with Crippen molar-refractivity contribution >= 4 is 16.7 Å². The molecule has 0 amide bonds. The summed E-state index contributed by atoms with van der Waals surface area (Å²) in [5.74, 6) is 1.27. The molecule has 0 saturated heterocycles. The van der Waals surface area contributed by atoms with Crippen LogP contribution in [0.25, 0.3) is 33.5 Å². The van der Waals surface area contributed by atoms with E-state index < -0.39 is 11.6 Å². The Kier molecular flexibility index (Phi) is 5.31. The standard InChI is InChI=1S/C28H27F3N4/c1-14-9-18(7-8-22(14)30)24-12-25(34-26-15(2)16-3-5-17(26)6-4-16)35-28(33-24)21-13-32-27-20(21)10-19(29)11-23(27)31/h7-13,15-17,26,32H,3-6H2,1-2H3,(H,33,34,35). The van der Waals surface area contributed by atoms with Gasteiger partial charge in [0.2, 0.25) is 0 Å². The van der Waals surface area contributed by atoms with Crippen LogP contribution in [0.5, 0.6) is 0 Å². The summed E-state index contributed by atoms with van der Waals surface area (Å²) in [6.45, 7) is 4.02. The van der Waals surface area contributed by atoms with Gasteiger partial charge in [-0.2, -0.15) is 0 Å². The molecule has 2 aromatic carbocycles. The third-order valence-electron chi connectivity index (χ3n) is 8.08. The Hall–Kier alpha value is -3.35. The summed E-state index contributed by atoms with van der Waals surface area (Å²) < 4.78 is 42.4. The number of nitrogens with zero attached hydrogens (tertiary/aromatic N) is 2. The van der Waals surface area contributed by atoms with E-state index in [0.717, 1.165) is 17.5 Å². The smallest absolute Gasteiger partial charge is 0.164 e. The van der Waals surface area contributed by atoms with Crippen molar-refractivity contribution in [1.29, 1.82) is 0 Å². The molecule has 2 bridgehead atoms. The SMILES string of the molecule is Cc1cc(-c2cc(NC3C4CCC(CC4)C3C)nc(-c3c[nH]c4c(F)cc(F)cc34)n2)ccc1F. The van der Waals surface area contributed by atoms with Crippen molar-refractivity contribution in [2.45, 2.75) is 45.6 Å². The third kappa shape index (κ3) is 3.87. The number of anilines is 1. The first-order chi connectivity index (χ1) is 16.9. The van der Waals surface area contributed by atoms with E-state index in [1.165, 1.54) is 37.8 Å². The summed E-state index contributed by atoms with van der Waals surface area (Å²) >= 11 is 0. The lowest BCUT2D eigenvalue weighted by Crippen LogP contribution is -2.47. The minimum atomic E-state index is -0.665. The van der Waals surface area contributed by atoms with Crippen LogP contribution in [0.4, 0.5) is 19.0 Å². The number of aryl methyl sites for hydroxylation is 1. The zero-order valence-electron chi connectivity index (χ0n) is 19.7. The molecule has 0 aliphatic heterocycles. The number of rotatable bonds is 4. The van der Waals surface area contributed by atoms with Gasteiger partial charge in [-0.1, -0.05) is 6.92 Å². The van der Waals surface area contributed by atoms with Gasteiger partial charge in [-0.3, -0.25) is 0 Å². The van der Waals surface area contributed by atoms with Crippen LogP contribution in [0.2, 0.25) is 0 Å². The number of halogens is 3. The van der Waals surface area contributed by atoms with Gasteiger partial charge >= 0.3 is 0 Å². The van der Waals surface area contributed by atoms with E-state index in [9.17, 15) is 13.2 Å². The average Bonchev–Trinajstić information content (AvgIpc) is 3.27. The molecule has 7 heteroatoms. The summed E-state index contributed by atoms with van der Waals surface area (Å²) in [6.07, 6.45) is 6.61. The topological polar surface area (TPSA) is 53.6 Å². The van der Waals surface area contributed by atoms with E-state index >= 15 is 0 Å². The zero-order valence-corrected chi connectivity index (χ0v) is 19.7. The van der Waals surface area contributed by atoms with Gasteiger partial charge < -0.3 is 10.3 Å². The Morgan fingerprint density at radius 2 is 1.69 bits per heavy atom. The molecular weight excluding hydrogens is 449 g/mol. The first-order valence-electron chi connectivity index (χ1n) is 12.3. The fraction of sp³-hybridized carbons (Fsp3) is 0.357. The fourth-order valence-electron chi connectivity index (χ4n) is 6.11. The Balaban J connectivity index is 1.48. The van der Waals surface area contributed by atoms with Gasteiger partial charge in [0.1, 0.15) is 23.3 Å². The summed E-state index contributed by atoms with van der Waals surface area (Å²) in [5, 5.41) is 4.07. The normalized spacial score (nSPS) is 23.7. The molecule has 2 aromatic heterocycles. The maximum absolute atomic E-state index is 14.4. The number of nitrogens with one attached hydrogen (secondary N) is 2. The number of aromatic nitrogens is 3. The number of fused-ring (bicyclic) bond motifs is 4. The molecule has 2 N–H and O–H groups in total. The van der Waals surface area contributed by atoms with Crippen molar-refractivity contribution in [3.63, 3.8) is 0 Å². The molecule has 0 spiro atoms. The number of hydrogen-bond donors (Lipinski definition) is 2. The van der Waals surface area contributed by atoms with E-state index in [-0.39, 0.29) is 11.3 Å². The first-order valence-corrected chi connectivity index (χ1v) is 12.3. The number of aromatic amines is 1. The van der Waals surface area contributed by atoms with E-state index in [1.807, 2.05) is 6.07 Å². The van der Waals surface area contributed by atoms with Crippen molar-refractivity contribution in [2.75, 3.05) is 5.32 Å².